The van der Waals surface area contributed by atoms with E-state index in [0.29, 0.717) is 12.0 Å². The van der Waals surface area contributed by atoms with Crippen molar-refractivity contribution in [1.82, 2.24) is 25.1 Å². The van der Waals surface area contributed by atoms with Crippen LogP contribution < -0.4 is 5.32 Å². The van der Waals surface area contributed by atoms with Crippen LogP contribution in [-0.2, 0) is 28.9 Å². The summed E-state index contributed by atoms with van der Waals surface area (Å²) in [5.74, 6) is 1.51. The van der Waals surface area contributed by atoms with Gasteiger partial charge in [-0.25, -0.2) is 9.80 Å². The van der Waals surface area contributed by atoms with Crippen LogP contribution in [0.25, 0.3) is 0 Å². The molecule has 1 unspecified atom stereocenters. The molecule has 4 rings (SSSR count). The van der Waals surface area contributed by atoms with Gasteiger partial charge in [0, 0.05) is 13.1 Å². The number of piperazine rings is 1. The zero-order valence-electron chi connectivity index (χ0n) is 22.4. The lowest BCUT2D eigenvalue weighted by Gasteiger charge is -2.55. The van der Waals surface area contributed by atoms with Gasteiger partial charge in [0.25, 0.3) is 0 Å². The van der Waals surface area contributed by atoms with Crippen molar-refractivity contribution >= 4 is 17.8 Å². The van der Waals surface area contributed by atoms with Crippen LogP contribution in [0.2, 0.25) is 0 Å². The fourth-order valence-corrected chi connectivity index (χ4v) is 5.19. The first-order chi connectivity index (χ1) is 19.0. The Morgan fingerprint density at radius 2 is 1.82 bits per heavy atom. The van der Waals surface area contributed by atoms with Gasteiger partial charge >= 0.3 is 12.2 Å². The van der Waals surface area contributed by atoms with E-state index >= 15 is 0 Å². The molecule has 4 amide bonds. The highest BCUT2D eigenvalue weighted by Crippen LogP contribution is 2.33. The molecule has 2 heterocycles. The Morgan fingerprint density at radius 3 is 2.48 bits per heavy atom. The van der Waals surface area contributed by atoms with Crippen molar-refractivity contribution in [3.63, 3.8) is 0 Å². The molecular weight excluding hydrogens is 523 g/mol. The number of hydrogen-bond donors (Lipinski definition) is 1. The molecule has 3 atom stereocenters. The molecule has 40 heavy (non-hydrogen) atoms. The number of hydrazine groups is 1. The first-order valence-electron chi connectivity index (χ1n) is 13.1. The second-order valence-electron chi connectivity index (χ2n) is 10.0. The molecule has 2 aromatic rings. The maximum Gasteiger partial charge on any atom is 0.416 e. The van der Waals surface area contributed by atoms with Crippen LogP contribution in [0.1, 0.15) is 37.0 Å². The van der Waals surface area contributed by atoms with Gasteiger partial charge in [0.05, 0.1) is 25.2 Å². The molecule has 0 saturated carbocycles. The van der Waals surface area contributed by atoms with Crippen molar-refractivity contribution in [3.05, 3.63) is 71.3 Å². The third-order valence-electron chi connectivity index (χ3n) is 7.34. The average molecular weight is 556 g/mol. The summed E-state index contributed by atoms with van der Waals surface area (Å²) in [7, 11) is 0. The first-order valence-corrected chi connectivity index (χ1v) is 13.1. The number of rotatable bonds is 7. The van der Waals surface area contributed by atoms with Gasteiger partial charge < -0.3 is 15.1 Å². The number of terminal acetylenes is 1. The zero-order valence-corrected chi connectivity index (χ0v) is 22.4. The normalized spacial score (nSPS) is 20.6. The predicted molar refractivity (Wildman–Crippen MR) is 142 cm³/mol. The van der Waals surface area contributed by atoms with E-state index < -0.39 is 30.0 Å². The highest BCUT2D eigenvalue weighted by molar-refractivity contribution is 5.91. The second-order valence-corrected chi connectivity index (χ2v) is 10.0. The Balaban J connectivity index is 1.68. The van der Waals surface area contributed by atoms with Crippen LogP contribution in [0.4, 0.5) is 18.0 Å². The minimum Gasteiger partial charge on any atom is -0.333 e. The summed E-state index contributed by atoms with van der Waals surface area (Å²) >= 11 is 0. The molecule has 8 nitrogen and oxygen atoms in total. The van der Waals surface area contributed by atoms with E-state index in [-0.39, 0.29) is 50.5 Å². The molecule has 2 fully saturated rings. The smallest absolute Gasteiger partial charge is 0.333 e. The summed E-state index contributed by atoms with van der Waals surface area (Å²) in [6.07, 6.45) is 0.709. The van der Waals surface area contributed by atoms with Crippen molar-refractivity contribution in [2.75, 3.05) is 19.6 Å². The molecule has 0 aliphatic carbocycles. The quantitative estimate of drug-likeness (QED) is 0.529. The van der Waals surface area contributed by atoms with Gasteiger partial charge in [0.2, 0.25) is 11.8 Å². The molecule has 1 N–H and O–H groups in total. The van der Waals surface area contributed by atoms with Crippen molar-refractivity contribution in [2.45, 2.75) is 51.7 Å². The Bertz CT molecular complexity index is 1280. The molecule has 2 aliphatic heterocycles. The number of benzene rings is 2. The Labute approximate surface area is 231 Å². The number of fused-ring (bicyclic) bond motifs is 1. The molecule has 0 bridgehead atoms. The fraction of sp³-hybridized carbons (Fsp3) is 0.414. The Kier molecular flexibility index (Phi) is 8.69. The van der Waals surface area contributed by atoms with E-state index in [0.717, 1.165) is 17.7 Å². The number of halogens is 3. The SMILES string of the molecule is C#CCN1CC(=O)N2[C@@H](C(C)CC)C(=O)N(Cc3cccc(C(F)(F)F)c3)C[C@@H]2N1C(=O)NCc1ccccc1. The van der Waals surface area contributed by atoms with Crippen molar-refractivity contribution < 1.29 is 27.6 Å². The minimum atomic E-state index is -4.53. The van der Waals surface area contributed by atoms with Gasteiger partial charge in [-0.3, -0.25) is 9.59 Å². The monoisotopic (exact) mass is 555 g/mol. The average Bonchev–Trinajstić information content (AvgIpc) is 2.92. The van der Waals surface area contributed by atoms with E-state index in [9.17, 15) is 27.6 Å². The molecule has 2 aliphatic rings. The fourth-order valence-electron chi connectivity index (χ4n) is 5.19. The standard InChI is InChI=1S/C29H32F3N5O3/c1-4-14-35-19-25(38)36-24(37(35)28(40)33-16-21-10-7-6-8-11-21)18-34(27(39)26(36)20(3)5-2)17-22-12-9-13-23(15-22)29(30,31)32/h1,6-13,15,20,24,26H,5,14,16-19H2,2-3H3,(H,33,40)/t20?,24-,26-/m0/s1. The number of nitrogens with zero attached hydrogens (tertiary/aromatic N) is 4. The molecule has 0 spiro atoms. The van der Waals surface area contributed by atoms with E-state index in [1.807, 2.05) is 44.2 Å². The second kappa shape index (κ2) is 12.0. The minimum absolute atomic E-state index is 0.0234. The first kappa shape index (κ1) is 29.0. The van der Waals surface area contributed by atoms with Crippen LogP contribution in [0.5, 0.6) is 0 Å². The highest BCUT2D eigenvalue weighted by atomic mass is 19.4. The molecule has 0 aromatic heterocycles. The maximum atomic E-state index is 13.8. The molecule has 11 heteroatoms. The molecule has 2 aromatic carbocycles. The number of amides is 4. The van der Waals surface area contributed by atoms with Crippen LogP contribution in [-0.4, -0.2) is 69.5 Å². The van der Waals surface area contributed by atoms with Crippen LogP contribution in [0.15, 0.2) is 54.6 Å². The number of alkyl halides is 3. The highest BCUT2D eigenvalue weighted by Gasteiger charge is 2.52. The molecule has 0 radical (unpaired) electrons. The zero-order chi connectivity index (χ0) is 29.0. The lowest BCUT2D eigenvalue weighted by molar-refractivity contribution is -0.192. The summed E-state index contributed by atoms with van der Waals surface area (Å²) in [4.78, 5) is 43.7. The molecular formula is C29H32F3N5O3. The number of carbonyl (C=O) groups excluding carboxylic acids is 3. The van der Waals surface area contributed by atoms with Crippen LogP contribution in [0.3, 0.4) is 0 Å². The molecule has 2 saturated heterocycles. The van der Waals surface area contributed by atoms with E-state index in [4.69, 9.17) is 6.42 Å². The van der Waals surface area contributed by atoms with Gasteiger partial charge in [-0.05, 0) is 29.2 Å². The van der Waals surface area contributed by atoms with Gasteiger partial charge in [-0.15, -0.1) is 6.42 Å². The number of carbonyl (C=O) groups is 3. The van der Waals surface area contributed by atoms with Crippen LogP contribution in [0, 0.1) is 18.3 Å². The van der Waals surface area contributed by atoms with Gasteiger partial charge in [-0.1, -0.05) is 68.7 Å². The van der Waals surface area contributed by atoms with Gasteiger partial charge in [-0.2, -0.15) is 18.2 Å². The van der Waals surface area contributed by atoms with Gasteiger partial charge in [0.1, 0.15) is 12.2 Å². The van der Waals surface area contributed by atoms with E-state index in [2.05, 4.69) is 11.2 Å². The van der Waals surface area contributed by atoms with Crippen LogP contribution >= 0.6 is 0 Å². The predicted octanol–water partition coefficient (Wildman–Crippen LogP) is 3.69. The number of nitrogens with one attached hydrogen (secondary N) is 1. The van der Waals surface area contributed by atoms with Crippen molar-refractivity contribution in [3.8, 4) is 12.3 Å². The topological polar surface area (TPSA) is 76.2 Å². The van der Waals surface area contributed by atoms with Gasteiger partial charge in [0.15, 0.2) is 0 Å². The summed E-state index contributed by atoms with van der Waals surface area (Å²) in [6, 6.07) is 12.7. The lowest BCUT2D eigenvalue weighted by atomic mass is 9.92. The lowest BCUT2D eigenvalue weighted by Crippen LogP contribution is -2.77. The number of hydrogen-bond acceptors (Lipinski definition) is 4. The summed E-state index contributed by atoms with van der Waals surface area (Å²) in [5.41, 5.74) is 0.346. The van der Waals surface area contributed by atoms with Crippen molar-refractivity contribution in [2.24, 2.45) is 5.92 Å². The Morgan fingerprint density at radius 1 is 1.12 bits per heavy atom. The third-order valence-corrected chi connectivity index (χ3v) is 7.34. The molecule has 212 valence electrons. The van der Waals surface area contributed by atoms with E-state index in [1.165, 1.54) is 32.0 Å². The summed E-state index contributed by atoms with van der Waals surface area (Å²) in [5, 5.41) is 5.72. The largest absolute Gasteiger partial charge is 0.416 e. The van der Waals surface area contributed by atoms with E-state index in [1.54, 1.807) is 0 Å². The summed E-state index contributed by atoms with van der Waals surface area (Å²) in [6.45, 7) is 3.55. The van der Waals surface area contributed by atoms with Crippen molar-refractivity contribution in [1.29, 1.82) is 0 Å². The Hall–Kier alpha value is -4.04. The third kappa shape index (κ3) is 6.07. The maximum absolute atomic E-state index is 13.8. The summed E-state index contributed by atoms with van der Waals surface area (Å²) < 4.78 is 40.1. The number of urea groups is 1.